The van der Waals surface area contributed by atoms with Gasteiger partial charge in [0, 0.05) is 12.1 Å². The minimum Gasteiger partial charge on any atom is -0.345 e. The minimum absolute atomic E-state index is 0.135. The summed E-state index contributed by atoms with van der Waals surface area (Å²) in [6.07, 6.45) is 0. The number of rotatable bonds is 4. The summed E-state index contributed by atoms with van der Waals surface area (Å²) in [6.45, 7) is 8.63. The molecule has 0 atom stereocenters. The van der Waals surface area contributed by atoms with E-state index >= 15 is 0 Å². The largest absolute Gasteiger partial charge is 0.345 e. The highest BCUT2D eigenvalue weighted by atomic mass is 16.1. The fourth-order valence-corrected chi connectivity index (χ4v) is 1.92. The van der Waals surface area contributed by atoms with Crippen molar-refractivity contribution in [3.63, 3.8) is 0 Å². The summed E-state index contributed by atoms with van der Waals surface area (Å²) in [6, 6.07) is 7.97. The molecule has 4 heteroatoms. The topological polar surface area (TPSA) is 46.9 Å². The first-order valence-electron chi connectivity index (χ1n) is 6.01. The van der Waals surface area contributed by atoms with Gasteiger partial charge in [0.2, 0.25) is 5.91 Å². The molecule has 1 heterocycles. The lowest BCUT2D eigenvalue weighted by Gasteiger charge is -2.07. The van der Waals surface area contributed by atoms with Crippen LogP contribution in [-0.4, -0.2) is 15.5 Å². The molecule has 2 aromatic rings. The van der Waals surface area contributed by atoms with Crippen LogP contribution in [0.1, 0.15) is 19.7 Å². The van der Waals surface area contributed by atoms with Crippen LogP contribution >= 0.6 is 0 Å². The Kier molecular flexibility index (Phi) is 3.46. The Labute approximate surface area is 106 Å². The van der Waals surface area contributed by atoms with Crippen molar-refractivity contribution in [2.75, 3.05) is 0 Å². The lowest BCUT2D eigenvalue weighted by atomic mass is 10.3. The Morgan fingerprint density at radius 3 is 2.83 bits per heavy atom. The summed E-state index contributed by atoms with van der Waals surface area (Å²) in [5, 5.41) is 2.81. The number of imidazole rings is 1. The second-order valence-electron chi connectivity index (χ2n) is 4.22. The quantitative estimate of drug-likeness (QED) is 0.837. The van der Waals surface area contributed by atoms with Gasteiger partial charge < -0.3 is 9.88 Å². The number of fused-ring (bicyclic) bond motifs is 1. The molecule has 0 aliphatic heterocycles. The van der Waals surface area contributed by atoms with Gasteiger partial charge in [0.25, 0.3) is 0 Å². The molecule has 0 aliphatic carbocycles. The average molecular weight is 243 g/mol. The highest BCUT2D eigenvalue weighted by Gasteiger charge is 2.10. The molecule has 1 amide bonds. The molecule has 4 nitrogen and oxygen atoms in total. The number of carbonyl (C=O) groups is 1. The third kappa shape index (κ3) is 2.27. The average Bonchev–Trinajstić information content (AvgIpc) is 2.73. The van der Waals surface area contributed by atoms with Crippen LogP contribution in [0, 0.1) is 0 Å². The van der Waals surface area contributed by atoms with Crippen molar-refractivity contribution < 1.29 is 4.79 Å². The van der Waals surface area contributed by atoms with E-state index in [0.717, 1.165) is 23.4 Å². The third-order valence-electron chi connectivity index (χ3n) is 2.84. The number of carbonyl (C=O) groups excluding carboxylic acids is 1. The number of hydrogen-bond acceptors (Lipinski definition) is 2. The van der Waals surface area contributed by atoms with Crippen LogP contribution in [0.5, 0.6) is 0 Å². The highest BCUT2D eigenvalue weighted by Crippen LogP contribution is 2.15. The molecule has 1 N–H and O–H groups in total. The van der Waals surface area contributed by atoms with Crippen LogP contribution in [0.25, 0.3) is 11.0 Å². The summed E-state index contributed by atoms with van der Waals surface area (Å²) in [5.41, 5.74) is 2.56. The minimum atomic E-state index is -0.135. The molecule has 1 aromatic carbocycles. The Bertz CT molecular complexity index is 598. The fraction of sp³-hybridized carbons (Fsp3) is 0.286. The maximum absolute atomic E-state index is 11.5. The van der Waals surface area contributed by atoms with Crippen molar-refractivity contribution in [1.29, 1.82) is 0 Å². The van der Waals surface area contributed by atoms with Gasteiger partial charge in [0.1, 0.15) is 5.82 Å². The zero-order chi connectivity index (χ0) is 13.1. The van der Waals surface area contributed by atoms with Crippen molar-refractivity contribution in [2.24, 2.45) is 0 Å². The van der Waals surface area contributed by atoms with E-state index in [-0.39, 0.29) is 5.91 Å². The lowest BCUT2D eigenvalue weighted by Crippen LogP contribution is -2.24. The summed E-state index contributed by atoms with van der Waals surface area (Å²) in [7, 11) is 0. The van der Waals surface area contributed by atoms with Crippen molar-refractivity contribution in [3.05, 3.63) is 42.2 Å². The van der Waals surface area contributed by atoms with Gasteiger partial charge in [-0.3, -0.25) is 4.79 Å². The van der Waals surface area contributed by atoms with E-state index in [2.05, 4.69) is 28.4 Å². The molecule has 2 rings (SSSR count). The van der Waals surface area contributed by atoms with Crippen molar-refractivity contribution in [2.45, 2.75) is 26.9 Å². The summed E-state index contributed by atoms with van der Waals surface area (Å²) < 4.78 is 2.11. The second kappa shape index (κ2) is 5.04. The van der Waals surface area contributed by atoms with Crippen LogP contribution in [0.15, 0.2) is 36.4 Å². The molecule has 18 heavy (non-hydrogen) atoms. The van der Waals surface area contributed by atoms with Crippen LogP contribution in [0.3, 0.4) is 0 Å². The van der Waals surface area contributed by atoms with Crippen molar-refractivity contribution >= 4 is 16.9 Å². The van der Waals surface area contributed by atoms with Gasteiger partial charge in [-0.05, 0) is 26.0 Å². The molecule has 0 saturated carbocycles. The Balaban J connectivity index is 2.27. The predicted octanol–water partition coefficient (Wildman–Crippen LogP) is 2.25. The molecule has 1 aromatic heterocycles. The molecule has 0 spiro atoms. The van der Waals surface area contributed by atoms with Gasteiger partial charge >= 0.3 is 0 Å². The molecule has 94 valence electrons. The first-order valence-corrected chi connectivity index (χ1v) is 6.01. The molecular weight excluding hydrogens is 226 g/mol. The smallest absolute Gasteiger partial charge is 0.246 e. The number of nitrogens with one attached hydrogen (secondary N) is 1. The first kappa shape index (κ1) is 12.4. The Hall–Kier alpha value is -2.10. The van der Waals surface area contributed by atoms with Gasteiger partial charge in [-0.15, -0.1) is 0 Å². The SMILES string of the molecule is C=C(C)C(=O)NCc1nc2ccccc2n1CC. The molecule has 0 aliphatic rings. The van der Waals surface area contributed by atoms with Gasteiger partial charge in [0.05, 0.1) is 17.6 Å². The van der Waals surface area contributed by atoms with Gasteiger partial charge in [-0.1, -0.05) is 18.7 Å². The van der Waals surface area contributed by atoms with E-state index in [1.807, 2.05) is 24.3 Å². The molecular formula is C14H17N3O. The van der Waals surface area contributed by atoms with Crippen LogP contribution in [-0.2, 0) is 17.9 Å². The number of hydrogen-bond donors (Lipinski definition) is 1. The number of amides is 1. The summed E-state index contributed by atoms with van der Waals surface area (Å²) >= 11 is 0. The van der Waals surface area contributed by atoms with E-state index in [0.29, 0.717) is 12.1 Å². The van der Waals surface area contributed by atoms with Crippen molar-refractivity contribution in [1.82, 2.24) is 14.9 Å². The maximum Gasteiger partial charge on any atom is 0.246 e. The number of aromatic nitrogens is 2. The predicted molar refractivity (Wildman–Crippen MR) is 72.1 cm³/mol. The van der Waals surface area contributed by atoms with Crippen molar-refractivity contribution in [3.8, 4) is 0 Å². The Morgan fingerprint density at radius 2 is 2.17 bits per heavy atom. The standard InChI is InChI=1S/C14H17N3O/c1-4-17-12-8-6-5-7-11(12)16-13(17)9-15-14(18)10(2)3/h5-8H,2,4,9H2,1,3H3,(H,15,18). The zero-order valence-electron chi connectivity index (χ0n) is 10.7. The molecule has 0 fully saturated rings. The highest BCUT2D eigenvalue weighted by molar-refractivity contribution is 5.92. The molecule has 0 unspecified atom stereocenters. The molecule has 0 bridgehead atoms. The number of nitrogens with zero attached hydrogens (tertiary/aromatic N) is 2. The fourth-order valence-electron chi connectivity index (χ4n) is 1.92. The lowest BCUT2D eigenvalue weighted by molar-refractivity contribution is -0.117. The summed E-state index contributed by atoms with van der Waals surface area (Å²) in [5.74, 6) is 0.734. The normalized spacial score (nSPS) is 10.6. The number of benzene rings is 1. The van der Waals surface area contributed by atoms with Crippen LogP contribution in [0.2, 0.25) is 0 Å². The molecule has 0 saturated heterocycles. The first-order chi connectivity index (χ1) is 8.63. The second-order valence-corrected chi connectivity index (χ2v) is 4.22. The number of aryl methyl sites for hydroxylation is 1. The van der Waals surface area contributed by atoms with E-state index in [4.69, 9.17) is 0 Å². The monoisotopic (exact) mass is 243 g/mol. The van der Waals surface area contributed by atoms with E-state index < -0.39 is 0 Å². The van der Waals surface area contributed by atoms with Gasteiger partial charge in [0.15, 0.2) is 0 Å². The van der Waals surface area contributed by atoms with E-state index in [1.165, 1.54) is 0 Å². The summed E-state index contributed by atoms with van der Waals surface area (Å²) in [4.78, 5) is 16.0. The van der Waals surface area contributed by atoms with Crippen LogP contribution in [0.4, 0.5) is 0 Å². The van der Waals surface area contributed by atoms with Gasteiger partial charge in [-0.2, -0.15) is 0 Å². The third-order valence-corrected chi connectivity index (χ3v) is 2.84. The van der Waals surface area contributed by atoms with E-state index in [1.54, 1.807) is 6.92 Å². The Morgan fingerprint density at radius 1 is 1.44 bits per heavy atom. The zero-order valence-corrected chi connectivity index (χ0v) is 10.7. The number of para-hydroxylation sites is 2. The van der Waals surface area contributed by atoms with Gasteiger partial charge in [-0.25, -0.2) is 4.98 Å². The van der Waals surface area contributed by atoms with E-state index in [9.17, 15) is 4.79 Å². The van der Waals surface area contributed by atoms with Crippen LogP contribution < -0.4 is 5.32 Å². The maximum atomic E-state index is 11.5. The molecule has 0 radical (unpaired) electrons.